The molecule has 2 saturated heterocycles. The van der Waals surface area contributed by atoms with Crippen LogP contribution in [0.5, 0.6) is 0 Å². The minimum Gasteiger partial charge on any atom is -0.393 e. The van der Waals surface area contributed by atoms with Crippen LogP contribution in [0, 0.1) is 0 Å². The van der Waals surface area contributed by atoms with Crippen molar-refractivity contribution in [3.63, 3.8) is 0 Å². The summed E-state index contributed by atoms with van der Waals surface area (Å²) in [5, 5.41) is 10.0. The average Bonchev–Trinajstić information content (AvgIpc) is 3.03. The molecule has 2 fully saturated rings. The average molecular weight is 350 g/mol. The standard InChI is InChI=1S/C19H26O6/c1-4-10-21-13-19(12-20)16(22-11-14-8-6-5-7-9-14)15-17(25-19)24-18(2,3)23-15/h4-9,15-17,20H,1,10-13H2,2-3H3/t15?,16-,17?,19+/m1/s1. The Labute approximate surface area is 148 Å². The van der Waals surface area contributed by atoms with E-state index in [1.807, 2.05) is 44.2 Å². The fourth-order valence-corrected chi connectivity index (χ4v) is 3.26. The van der Waals surface area contributed by atoms with E-state index < -0.39 is 29.9 Å². The van der Waals surface area contributed by atoms with E-state index >= 15 is 0 Å². The highest BCUT2D eigenvalue weighted by molar-refractivity contribution is 5.14. The summed E-state index contributed by atoms with van der Waals surface area (Å²) in [6, 6.07) is 9.83. The van der Waals surface area contributed by atoms with Gasteiger partial charge in [-0.3, -0.25) is 0 Å². The predicted octanol–water partition coefficient (Wildman–Crippen LogP) is 2.01. The number of ether oxygens (including phenoxy) is 5. The Bertz CT molecular complexity index is 575. The third-order valence-electron chi connectivity index (χ3n) is 4.38. The molecule has 25 heavy (non-hydrogen) atoms. The Hall–Kier alpha value is -1.28. The molecule has 0 spiro atoms. The molecular formula is C19H26O6. The first-order valence-corrected chi connectivity index (χ1v) is 8.48. The summed E-state index contributed by atoms with van der Waals surface area (Å²) in [6.45, 7) is 7.94. The number of fused-ring (bicyclic) bond motifs is 1. The Morgan fingerprint density at radius 3 is 2.64 bits per heavy atom. The first-order valence-electron chi connectivity index (χ1n) is 8.48. The third kappa shape index (κ3) is 3.95. The van der Waals surface area contributed by atoms with E-state index in [1.54, 1.807) is 6.08 Å². The van der Waals surface area contributed by atoms with Crippen LogP contribution in [0.4, 0.5) is 0 Å². The molecule has 4 atom stereocenters. The summed E-state index contributed by atoms with van der Waals surface area (Å²) in [7, 11) is 0. The summed E-state index contributed by atoms with van der Waals surface area (Å²) in [5.41, 5.74) is -0.00754. The maximum absolute atomic E-state index is 10.0. The minimum atomic E-state index is -1.04. The molecule has 0 aromatic heterocycles. The van der Waals surface area contributed by atoms with E-state index in [0.29, 0.717) is 13.2 Å². The molecular weight excluding hydrogens is 324 g/mol. The molecule has 6 heteroatoms. The second-order valence-electron chi connectivity index (χ2n) is 6.83. The van der Waals surface area contributed by atoms with Gasteiger partial charge in [0.2, 0.25) is 0 Å². The molecule has 0 saturated carbocycles. The maximum Gasteiger partial charge on any atom is 0.190 e. The summed E-state index contributed by atoms with van der Waals surface area (Å²) < 4.78 is 29.5. The van der Waals surface area contributed by atoms with Crippen molar-refractivity contribution in [2.24, 2.45) is 0 Å². The summed E-state index contributed by atoms with van der Waals surface area (Å²) in [5.74, 6) is -0.757. The third-order valence-corrected chi connectivity index (χ3v) is 4.38. The number of aliphatic hydroxyl groups excluding tert-OH is 1. The zero-order valence-corrected chi connectivity index (χ0v) is 14.7. The zero-order valence-electron chi connectivity index (χ0n) is 14.7. The molecule has 0 radical (unpaired) electrons. The summed E-state index contributed by atoms with van der Waals surface area (Å²) in [6.07, 6.45) is 0.0966. The lowest BCUT2D eigenvalue weighted by molar-refractivity contribution is -0.260. The molecule has 2 aliphatic rings. The monoisotopic (exact) mass is 350 g/mol. The molecule has 2 heterocycles. The van der Waals surface area contributed by atoms with Gasteiger partial charge >= 0.3 is 0 Å². The van der Waals surface area contributed by atoms with Crippen LogP contribution in [-0.4, -0.2) is 54.8 Å². The minimum absolute atomic E-state index is 0.162. The summed E-state index contributed by atoms with van der Waals surface area (Å²) >= 11 is 0. The van der Waals surface area contributed by atoms with Crippen molar-refractivity contribution in [3.8, 4) is 0 Å². The van der Waals surface area contributed by atoms with Gasteiger partial charge in [-0.15, -0.1) is 6.58 Å². The molecule has 0 aliphatic carbocycles. The lowest BCUT2D eigenvalue weighted by Crippen LogP contribution is -2.52. The Morgan fingerprint density at radius 1 is 1.20 bits per heavy atom. The molecule has 0 bridgehead atoms. The van der Waals surface area contributed by atoms with Crippen molar-refractivity contribution in [2.75, 3.05) is 19.8 Å². The van der Waals surface area contributed by atoms with E-state index in [2.05, 4.69) is 6.58 Å². The quantitative estimate of drug-likeness (QED) is 0.571. The van der Waals surface area contributed by atoms with Gasteiger partial charge in [-0.05, 0) is 19.4 Å². The number of hydrogen-bond donors (Lipinski definition) is 1. The van der Waals surface area contributed by atoms with Gasteiger partial charge in [-0.2, -0.15) is 0 Å². The molecule has 138 valence electrons. The normalized spacial score (nSPS) is 33.3. The van der Waals surface area contributed by atoms with Gasteiger partial charge in [0.25, 0.3) is 0 Å². The molecule has 1 aromatic carbocycles. The van der Waals surface area contributed by atoms with Gasteiger partial charge in [0.15, 0.2) is 12.1 Å². The van der Waals surface area contributed by atoms with Crippen molar-refractivity contribution in [1.29, 1.82) is 0 Å². The highest BCUT2D eigenvalue weighted by Crippen LogP contribution is 2.44. The van der Waals surface area contributed by atoms with Crippen molar-refractivity contribution >= 4 is 0 Å². The van der Waals surface area contributed by atoms with Crippen LogP contribution in [0.1, 0.15) is 19.4 Å². The van der Waals surface area contributed by atoms with E-state index in [1.165, 1.54) is 0 Å². The largest absolute Gasteiger partial charge is 0.393 e. The van der Waals surface area contributed by atoms with Crippen LogP contribution < -0.4 is 0 Å². The summed E-state index contributed by atoms with van der Waals surface area (Å²) in [4.78, 5) is 0. The number of hydrogen-bond acceptors (Lipinski definition) is 6. The molecule has 1 aromatic rings. The van der Waals surface area contributed by atoms with E-state index in [0.717, 1.165) is 5.56 Å². The zero-order chi connectivity index (χ0) is 17.9. The van der Waals surface area contributed by atoms with Gasteiger partial charge in [0.05, 0.1) is 26.4 Å². The highest BCUT2D eigenvalue weighted by atomic mass is 16.8. The van der Waals surface area contributed by atoms with Crippen LogP contribution in [0.3, 0.4) is 0 Å². The molecule has 2 unspecified atom stereocenters. The second-order valence-corrected chi connectivity index (χ2v) is 6.83. The lowest BCUT2D eigenvalue weighted by atomic mass is 9.96. The number of rotatable bonds is 8. The Morgan fingerprint density at radius 2 is 1.96 bits per heavy atom. The van der Waals surface area contributed by atoms with Crippen LogP contribution >= 0.6 is 0 Å². The fraction of sp³-hybridized carbons (Fsp3) is 0.579. The van der Waals surface area contributed by atoms with E-state index in [4.69, 9.17) is 23.7 Å². The van der Waals surface area contributed by atoms with Crippen molar-refractivity contribution < 1.29 is 28.8 Å². The first kappa shape index (κ1) is 18.5. The van der Waals surface area contributed by atoms with Crippen molar-refractivity contribution in [3.05, 3.63) is 48.6 Å². The maximum atomic E-state index is 10.0. The Kier molecular flexibility index (Phi) is 5.58. The van der Waals surface area contributed by atoms with E-state index in [-0.39, 0.29) is 13.2 Å². The van der Waals surface area contributed by atoms with Crippen LogP contribution in [0.15, 0.2) is 43.0 Å². The van der Waals surface area contributed by atoms with Crippen molar-refractivity contribution in [1.82, 2.24) is 0 Å². The first-order chi connectivity index (χ1) is 12.0. The van der Waals surface area contributed by atoms with Crippen LogP contribution in [0.2, 0.25) is 0 Å². The molecule has 6 nitrogen and oxygen atoms in total. The predicted molar refractivity (Wildman–Crippen MR) is 90.8 cm³/mol. The van der Waals surface area contributed by atoms with Crippen LogP contribution in [0.25, 0.3) is 0 Å². The van der Waals surface area contributed by atoms with Gasteiger partial charge in [0.1, 0.15) is 17.8 Å². The second kappa shape index (κ2) is 7.53. The van der Waals surface area contributed by atoms with Gasteiger partial charge in [-0.1, -0.05) is 36.4 Å². The lowest BCUT2D eigenvalue weighted by Gasteiger charge is -2.35. The van der Waals surface area contributed by atoms with Crippen molar-refractivity contribution in [2.45, 2.75) is 50.3 Å². The van der Waals surface area contributed by atoms with E-state index in [9.17, 15) is 5.11 Å². The number of benzene rings is 1. The molecule has 1 N–H and O–H groups in total. The molecule has 3 rings (SSSR count). The van der Waals surface area contributed by atoms with Gasteiger partial charge in [0, 0.05) is 0 Å². The molecule has 0 amide bonds. The highest BCUT2D eigenvalue weighted by Gasteiger charge is 2.62. The van der Waals surface area contributed by atoms with Gasteiger partial charge < -0.3 is 28.8 Å². The van der Waals surface area contributed by atoms with Gasteiger partial charge in [-0.25, -0.2) is 0 Å². The fourth-order valence-electron chi connectivity index (χ4n) is 3.26. The Balaban J connectivity index is 1.77. The SMILES string of the molecule is C=CCOC[C@]1(CO)OC2OC(C)(C)OC2[C@H]1OCc1ccccc1. The molecule has 2 aliphatic heterocycles. The van der Waals surface area contributed by atoms with Crippen LogP contribution in [-0.2, 0) is 30.3 Å². The topological polar surface area (TPSA) is 66.4 Å². The smallest absolute Gasteiger partial charge is 0.190 e. The number of aliphatic hydroxyl groups is 1.